The van der Waals surface area contributed by atoms with E-state index in [1.807, 2.05) is 51.1 Å². The van der Waals surface area contributed by atoms with E-state index in [2.05, 4.69) is 13.2 Å². The average Bonchev–Trinajstić information content (AvgIpc) is 3.56. The zero-order valence-corrected chi connectivity index (χ0v) is 26.7. The van der Waals surface area contributed by atoms with Crippen LogP contribution in [0.2, 0.25) is 0 Å². The first-order valence-electron chi connectivity index (χ1n) is 15.8. The molecule has 1 spiro atoms. The van der Waals surface area contributed by atoms with E-state index < -0.39 is 41.7 Å². The van der Waals surface area contributed by atoms with Gasteiger partial charge in [0, 0.05) is 25.3 Å². The van der Waals surface area contributed by atoms with E-state index in [0.29, 0.717) is 36.5 Å². The highest BCUT2D eigenvalue weighted by Gasteiger charge is 2.80. The summed E-state index contributed by atoms with van der Waals surface area (Å²) in [7, 11) is 1.58. The van der Waals surface area contributed by atoms with Crippen molar-refractivity contribution in [3.05, 3.63) is 85.5 Å². The van der Waals surface area contributed by atoms with Gasteiger partial charge in [0.15, 0.2) is 0 Å². The average molecular weight is 616 g/mol. The van der Waals surface area contributed by atoms with E-state index in [0.717, 1.165) is 6.42 Å². The Labute approximate surface area is 266 Å². The van der Waals surface area contributed by atoms with Crippen LogP contribution in [0.4, 0.5) is 5.69 Å². The van der Waals surface area contributed by atoms with Gasteiger partial charge >= 0.3 is 0 Å². The SMILES string of the molecule is C=CCN(CCC)C(=O)[C@H]1[C@H]2C(=O)N([C@H](CO)c3ccccc3)C(C(=O)N(CC=C)c3ccc(OC)cc3)C23CC(C)[C@]1(C)O3. The van der Waals surface area contributed by atoms with Gasteiger partial charge in [0.1, 0.15) is 17.4 Å². The second-order valence-electron chi connectivity index (χ2n) is 12.6. The van der Waals surface area contributed by atoms with Gasteiger partial charge in [0.05, 0.1) is 37.2 Å². The summed E-state index contributed by atoms with van der Waals surface area (Å²) < 4.78 is 12.3. The third kappa shape index (κ3) is 5.16. The Morgan fingerprint density at radius 3 is 2.36 bits per heavy atom. The summed E-state index contributed by atoms with van der Waals surface area (Å²) in [5.41, 5.74) is -0.936. The van der Waals surface area contributed by atoms with Crippen LogP contribution in [0.3, 0.4) is 0 Å². The molecule has 0 radical (unpaired) electrons. The smallest absolute Gasteiger partial charge is 0.253 e. The van der Waals surface area contributed by atoms with Gasteiger partial charge in [0.25, 0.3) is 5.91 Å². The van der Waals surface area contributed by atoms with Gasteiger partial charge in [-0.05, 0) is 55.5 Å². The zero-order chi connectivity index (χ0) is 32.5. The van der Waals surface area contributed by atoms with Crippen LogP contribution < -0.4 is 9.64 Å². The minimum atomic E-state index is -1.27. The molecule has 7 atom stereocenters. The molecular formula is C36H45N3O6. The van der Waals surface area contributed by atoms with Crippen LogP contribution in [0.5, 0.6) is 5.75 Å². The van der Waals surface area contributed by atoms with E-state index in [1.54, 1.807) is 53.3 Å². The number of aliphatic hydroxyl groups excluding tert-OH is 1. The molecule has 3 saturated heterocycles. The lowest BCUT2D eigenvalue weighted by Gasteiger charge is -2.39. The number of methoxy groups -OCH3 is 1. The van der Waals surface area contributed by atoms with Gasteiger partial charge in [-0.15, -0.1) is 13.2 Å². The third-order valence-electron chi connectivity index (χ3n) is 10.1. The molecule has 3 amide bonds. The molecule has 0 saturated carbocycles. The predicted octanol–water partition coefficient (Wildman–Crippen LogP) is 4.38. The Morgan fingerprint density at radius 2 is 1.78 bits per heavy atom. The Kier molecular flexibility index (Phi) is 9.23. The molecule has 2 aromatic rings. The van der Waals surface area contributed by atoms with Gasteiger partial charge in [0.2, 0.25) is 11.8 Å². The number of hydrogen-bond donors (Lipinski definition) is 1. The van der Waals surface area contributed by atoms with Crippen molar-refractivity contribution in [2.45, 2.75) is 56.9 Å². The molecule has 3 aliphatic rings. The number of aliphatic hydroxyl groups is 1. The van der Waals surface area contributed by atoms with E-state index in [-0.39, 0.29) is 30.2 Å². The molecule has 5 rings (SSSR count). The van der Waals surface area contributed by atoms with Crippen LogP contribution in [0.25, 0.3) is 0 Å². The maximum Gasteiger partial charge on any atom is 0.253 e. The Balaban J connectivity index is 1.68. The standard InChI is InChI=1S/C36H45N3O6/c1-7-19-37(20-8-2)32(41)29-30-33(42)39(28(23-40)25-13-11-10-12-14-25)31(36(30)22-24(4)35(29,5)45-36)34(43)38(21-9-3)26-15-17-27(44-6)18-16-26/h7,9-18,24,28-31,40H,1,3,8,19-23H2,2,4-6H3/t24?,28-,29-,30+,31?,35+,36?/m1/s1. The van der Waals surface area contributed by atoms with Crippen molar-refractivity contribution >= 4 is 23.4 Å². The highest BCUT2D eigenvalue weighted by atomic mass is 16.5. The Bertz CT molecular complexity index is 1430. The molecule has 2 aromatic carbocycles. The number of fused-ring (bicyclic) bond motifs is 1. The largest absolute Gasteiger partial charge is 0.497 e. The van der Waals surface area contributed by atoms with Gasteiger partial charge in [-0.3, -0.25) is 14.4 Å². The fourth-order valence-electron chi connectivity index (χ4n) is 7.97. The third-order valence-corrected chi connectivity index (χ3v) is 10.1. The molecule has 0 aliphatic carbocycles. The van der Waals surface area contributed by atoms with Crippen LogP contribution in [-0.4, -0.2) is 83.2 Å². The van der Waals surface area contributed by atoms with Crippen LogP contribution in [0.15, 0.2) is 79.9 Å². The molecule has 1 N–H and O–H groups in total. The molecule has 45 heavy (non-hydrogen) atoms. The van der Waals surface area contributed by atoms with E-state index in [9.17, 15) is 14.7 Å². The van der Waals surface area contributed by atoms with Crippen molar-refractivity contribution in [3.63, 3.8) is 0 Å². The fraction of sp³-hybridized carbons (Fsp3) is 0.472. The quantitative estimate of drug-likeness (QED) is 0.336. The Hall–Kier alpha value is -3.95. The van der Waals surface area contributed by atoms with E-state index in [4.69, 9.17) is 9.47 Å². The summed E-state index contributed by atoms with van der Waals surface area (Å²) in [6, 6.07) is 14.4. The highest BCUT2D eigenvalue weighted by Crippen LogP contribution is 2.66. The second kappa shape index (κ2) is 12.8. The van der Waals surface area contributed by atoms with E-state index >= 15 is 4.79 Å². The number of likely N-dealkylation sites (tertiary alicyclic amines) is 1. The summed E-state index contributed by atoms with van der Waals surface area (Å²) in [5, 5.41) is 10.8. The highest BCUT2D eigenvalue weighted by molar-refractivity contribution is 6.05. The fourth-order valence-corrected chi connectivity index (χ4v) is 7.97. The van der Waals surface area contributed by atoms with Crippen LogP contribution in [-0.2, 0) is 19.1 Å². The van der Waals surface area contributed by atoms with Gasteiger partial charge < -0.3 is 29.3 Å². The van der Waals surface area contributed by atoms with Gasteiger partial charge in [-0.2, -0.15) is 0 Å². The number of amides is 3. The Morgan fingerprint density at radius 1 is 1.11 bits per heavy atom. The predicted molar refractivity (Wildman–Crippen MR) is 172 cm³/mol. The van der Waals surface area contributed by atoms with Crippen molar-refractivity contribution in [3.8, 4) is 5.75 Å². The van der Waals surface area contributed by atoms with Crippen molar-refractivity contribution in [1.82, 2.24) is 9.80 Å². The number of carbonyl (C=O) groups excluding carboxylic acids is 3. The molecule has 3 unspecified atom stereocenters. The molecule has 2 bridgehead atoms. The number of carbonyl (C=O) groups is 3. The topological polar surface area (TPSA) is 99.6 Å². The van der Waals surface area contributed by atoms with Gasteiger partial charge in [-0.25, -0.2) is 0 Å². The maximum atomic E-state index is 15.0. The monoisotopic (exact) mass is 615 g/mol. The number of ether oxygens (including phenoxy) is 2. The summed E-state index contributed by atoms with van der Waals surface area (Å²) >= 11 is 0. The number of anilines is 1. The maximum absolute atomic E-state index is 15.0. The molecule has 3 heterocycles. The molecule has 0 aromatic heterocycles. The molecule has 3 fully saturated rings. The lowest BCUT2D eigenvalue weighted by molar-refractivity contribution is -0.153. The molecule has 9 nitrogen and oxygen atoms in total. The van der Waals surface area contributed by atoms with Crippen molar-refractivity contribution in [1.29, 1.82) is 0 Å². The minimum absolute atomic E-state index is 0.115. The van der Waals surface area contributed by atoms with Crippen molar-refractivity contribution < 1.29 is 29.0 Å². The second-order valence-corrected chi connectivity index (χ2v) is 12.6. The first-order chi connectivity index (χ1) is 21.6. The minimum Gasteiger partial charge on any atom is -0.497 e. The molecule has 9 heteroatoms. The number of nitrogens with zero attached hydrogens (tertiary/aromatic N) is 3. The van der Waals surface area contributed by atoms with Gasteiger partial charge in [-0.1, -0.05) is 56.3 Å². The zero-order valence-electron chi connectivity index (χ0n) is 26.7. The number of rotatable bonds is 13. The first-order valence-corrected chi connectivity index (χ1v) is 15.8. The molecule has 240 valence electrons. The van der Waals surface area contributed by atoms with Crippen LogP contribution >= 0.6 is 0 Å². The first kappa shape index (κ1) is 32.4. The lowest BCUT2D eigenvalue weighted by atomic mass is 9.62. The van der Waals surface area contributed by atoms with E-state index in [1.165, 1.54) is 4.90 Å². The summed E-state index contributed by atoms with van der Waals surface area (Å²) in [4.78, 5) is 49.2. The normalized spacial score (nSPS) is 28.8. The van der Waals surface area contributed by atoms with Crippen LogP contribution in [0.1, 0.15) is 45.2 Å². The molecular weight excluding hydrogens is 570 g/mol. The van der Waals surface area contributed by atoms with Crippen molar-refractivity contribution in [2.24, 2.45) is 17.8 Å². The summed E-state index contributed by atoms with van der Waals surface area (Å²) in [6.45, 7) is 14.3. The lowest BCUT2D eigenvalue weighted by Crippen LogP contribution is -2.57. The summed E-state index contributed by atoms with van der Waals surface area (Å²) in [5.74, 6) is -2.05. The molecule has 3 aliphatic heterocycles. The summed E-state index contributed by atoms with van der Waals surface area (Å²) in [6.07, 6.45) is 4.50. The number of benzene rings is 2. The van der Waals surface area contributed by atoms with Crippen molar-refractivity contribution in [2.75, 3.05) is 38.3 Å². The van der Waals surface area contributed by atoms with Crippen LogP contribution in [0, 0.1) is 17.8 Å². The number of hydrogen-bond acceptors (Lipinski definition) is 6.